The number of Topliss-reactive ketones (excluding diaryl/α,β-unsaturated/α-hetero) is 2. The Bertz CT molecular complexity index is 1070. The smallest absolute Gasteiger partial charge is 0.179 e. The molecule has 28 heavy (non-hydrogen) atoms. The molecular weight excluding hydrogens is 350 g/mol. The molecule has 1 aromatic heterocycles. The van der Waals surface area contributed by atoms with Gasteiger partial charge in [0.05, 0.1) is 5.69 Å². The van der Waals surface area contributed by atoms with Crippen molar-refractivity contribution < 1.29 is 14.7 Å². The van der Waals surface area contributed by atoms with Gasteiger partial charge in [-0.3, -0.25) is 9.59 Å². The molecule has 4 heteroatoms. The standard InChI is InChI=1S/C24H23NO3/c1-15-21(16(2)26)22(19-11-7-5-8-12-19)24(20-13-9-6-10-14-20)25(15)23(17(3)27)18(4)28/h5-14,27H,1-4H3/b23-17+. The van der Waals surface area contributed by atoms with Gasteiger partial charge in [-0.15, -0.1) is 0 Å². The normalized spacial score (nSPS) is 11.9. The van der Waals surface area contributed by atoms with Crippen LogP contribution in [-0.4, -0.2) is 21.2 Å². The van der Waals surface area contributed by atoms with Crippen LogP contribution >= 0.6 is 0 Å². The molecule has 0 unspecified atom stereocenters. The van der Waals surface area contributed by atoms with Crippen LogP contribution < -0.4 is 0 Å². The van der Waals surface area contributed by atoms with Gasteiger partial charge in [-0.2, -0.15) is 0 Å². The van der Waals surface area contributed by atoms with Gasteiger partial charge in [0.15, 0.2) is 11.6 Å². The van der Waals surface area contributed by atoms with E-state index in [0.717, 1.165) is 16.7 Å². The van der Waals surface area contributed by atoms with Crippen LogP contribution in [0.15, 0.2) is 66.4 Å². The number of carbonyl (C=O) groups is 2. The Morgan fingerprint density at radius 2 is 1.32 bits per heavy atom. The van der Waals surface area contributed by atoms with Crippen molar-refractivity contribution in [3.63, 3.8) is 0 Å². The largest absolute Gasteiger partial charge is 0.510 e. The second-order valence-electron chi connectivity index (χ2n) is 6.80. The lowest BCUT2D eigenvalue weighted by atomic mass is 9.95. The summed E-state index contributed by atoms with van der Waals surface area (Å²) in [5.41, 5.74) is 4.56. The van der Waals surface area contributed by atoms with E-state index in [-0.39, 0.29) is 23.0 Å². The number of nitrogens with zero attached hydrogens (tertiary/aromatic N) is 1. The molecule has 0 aliphatic carbocycles. The first-order valence-electron chi connectivity index (χ1n) is 9.12. The third-order valence-electron chi connectivity index (χ3n) is 4.77. The predicted octanol–water partition coefficient (Wildman–Crippen LogP) is 5.67. The minimum absolute atomic E-state index is 0.0857. The molecule has 1 heterocycles. The number of aromatic nitrogens is 1. The first kappa shape index (κ1) is 19.4. The number of allylic oxidation sites excluding steroid dienone is 2. The summed E-state index contributed by atoms with van der Waals surface area (Å²) in [4.78, 5) is 25.1. The molecule has 0 atom stereocenters. The van der Waals surface area contributed by atoms with Gasteiger partial charge in [0, 0.05) is 23.7 Å². The SMILES string of the molecule is CC(=O)/C(=C(/C)O)n1c(C)c(C(C)=O)c(-c2ccccc2)c1-c1ccccc1. The highest BCUT2D eigenvalue weighted by Crippen LogP contribution is 2.41. The van der Waals surface area contributed by atoms with E-state index < -0.39 is 0 Å². The molecule has 3 rings (SSSR count). The highest BCUT2D eigenvalue weighted by atomic mass is 16.3. The van der Waals surface area contributed by atoms with Gasteiger partial charge >= 0.3 is 0 Å². The molecule has 0 saturated carbocycles. The quantitative estimate of drug-likeness (QED) is 0.356. The summed E-state index contributed by atoms with van der Waals surface area (Å²) in [6.45, 7) is 6.23. The fourth-order valence-corrected chi connectivity index (χ4v) is 3.73. The van der Waals surface area contributed by atoms with Crippen molar-refractivity contribution in [1.82, 2.24) is 4.57 Å². The third kappa shape index (κ3) is 3.29. The number of aliphatic hydroxyl groups is 1. The van der Waals surface area contributed by atoms with Crippen LogP contribution in [0.5, 0.6) is 0 Å². The van der Waals surface area contributed by atoms with Crippen LogP contribution in [0.1, 0.15) is 36.8 Å². The van der Waals surface area contributed by atoms with Gasteiger partial charge in [0.2, 0.25) is 0 Å². The third-order valence-corrected chi connectivity index (χ3v) is 4.77. The zero-order valence-corrected chi connectivity index (χ0v) is 16.5. The van der Waals surface area contributed by atoms with Gasteiger partial charge in [-0.1, -0.05) is 60.7 Å². The topological polar surface area (TPSA) is 59.3 Å². The van der Waals surface area contributed by atoms with Crippen LogP contribution in [-0.2, 0) is 4.79 Å². The maximum Gasteiger partial charge on any atom is 0.179 e. The Labute approximate surface area is 164 Å². The Morgan fingerprint density at radius 3 is 1.75 bits per heavy atom. The first-order chi connectivity index (χ1) is 13.3. The lowest BCUT2D eigenvalue weighted by Crippen LogP contribution is -2.11. The summed E-state index contributed by atoms with van der Waals surface area (Å²) in [5.74, 6) is -0.451. The number of aliphatic hydroxyl groups excluding tert-OH is 1. The Morgan fingerprint density at radius 1 is 0.821 bits per heavy atom. The first-order valence-corrected chi connectivity index (χ1v) is 9.12. The highest BCUT2D eigenvalue weighted by Gasteiger charge is 2.28. The summed E-state index contributed by atoms with van der Waals surface area (Å²) in [7, 11) is 0. The van der Waals surface area contributed by atoms with Gasteiger partial charge in [0.1, 0.15) is 11.5 Å². The molecule has 142 valence electrons. The summed E-state index contributed by atoms with van der Waals surface area (Å²) in [5, 5.41) is 10.3. The number of ketones is 2. The van der Waals surface area contributed by atoms with Crippen molar-refractivity contribution in [2.45, 2.75) is 27.7 Å². The van der Waals surface area contributed by atoms with E-state index in [9.17, 15) is 14.7 Å². The molecule has 3 aromatic rings. The van der Waals surface area contributed by atoms with Crippen molar-refractivity contribution in [3.05, 3.63) is 77.7 Å². The molecule has 0 fully saturated rings. The molecule has 0 bridgehead atoms. The van der Waals surface area contributed by atoms with Crippen LogP contribution in [0, 0.1) is 6.92 Å². The molecule has 0 spiro atoms. The van der Waals surface area contributed by atoms with E-state index in [1.165, 1.54) is 20.8 Å². The highest BCUT2D eigenvalue weighted by molar-refractivity contribution is 6.17. The molecule has 2 aromatic carbocycles. The average molecular weight is 373 g/mol. The van der Waals surface area contributed by atoms with Gasteiger partial charge in [-0.25, -0.2) is 0 Å². The minimum Gasteiger partial charge on any atom is -0.510 e. The van der Waals surface area contributed by atoms with E-state index in [0.29, 0.717) is 17.0 Å². The average Bonchev–Trinajstić information content (AvgIpc) is 2.96. The monoisotopic (exact) mass is 373 g/mol. The maximum absolute atomic E-state index is 12.6. The predicted molar refractivity (Wildman–Crippen MR) is 112 cm³/mol. The molecule has 0 saturated heterocycles. The molecule has 4 nitrogen and oxygen atoms in total. The number of hydrogen-bond acceptors (Lipinski definition) is 3. The van der Waals surface area contributed by atoms with Gasteiger partial charge in [0.25, 0.3) is 0 Å². The molecule has 0 aliphatic rings. The van der Waals surface area contributed by atoms with Crippen LogP contribution in [0.4, 0.5) is 0 Å². The van der Waals surface area contributed by atoms with E-state index in [1.807, 2.05) is 67.6 Å². The Hall–Kier alpha value is -3.40. The summed E-state index contributed by atoms with van der Waals surface area (Å²) in [6, 6.07) is 19.2. The number of hydrogen-bond donors (Lipinski definition) is 1. The van der Waals surface area contributed by atoms with E-state index in [4.69, 9.17) is 0 Å². The molecule has 1 N–H and O–H groups in total. The Balaban J connectivity index is 2.56. The van der Waals surface area contributed by atoms with Gasteiger partial charge < -0.3 is 9.67 Å². The maximum atomic E-state index is 12.6. The number of carbonyl (C=O) groups excluding carboxylic acids is 2. The number of rotatable bonds is 5. The minimum atomic E-state index is -0.273. The van der Waals surface area contributed by atoms with Crippen molar-refractivity contribution in [2.75, 3.05) is 0 Å². The van der Waals surface area contributed by atoms with E-state index in [1.54, 1.807) is 4.57 Å². The van der Waals surface area contributed by atoms with E-state index in [2.05, 4.69) is 0 Å². The fraction of sp³-hybridized carbons (Fsp3) is 0.167. The van der Waals surface area contributed by atoms with Crippen molar-refractivity contribution in [1.29, 1.82) is 0 Å². The van der Waals surface area contributed by atoms with Gasteiger partial charge in [-0.05, 0) is 31.9 Å². The molecule has 0 amide bonds. The van der Waals surface area contributed by atoms with Crippen LogP contribution in [0.2, 0.25) is 0 Å². The molecule has 0 aliphatic heterocycles. The second-order valence-corrected chi connectivity index (χ2v) is 6.80. The summed E-state index contributed by atoms with van der Waals surface area (Å²) < 4.78 is 1.71. The zero-order chi connectivity index (χ0) is 20.4. The van der Waals surface area contributed by atoms with Crippen LogP contribution in [0.3, 0.4) is 0 Å². The lowest BCUT2D eigenvalue weighted by Gasteiger charge is -2.16. The van der Waals surface area contributed by atoms with E-state index >= 15 is 0 Å². The second kappa shape index (κ2) is 7.69. The van der Waals surface area contributed by atoms with Crippen molar-refractivity contribution in [2.24, 2.45) is 0 Å². The zero-order valence-electron chi connectivity index (χ0n) is 16.5. The molecular formula is C24H23NO3. The van der Waals surface area contributed by atoms with Crippen molar-refractivity contribution >= 4 is 17.3 Å². The van der Waals surface area contributed by atoms with Crippen molar-refractivity contribution in [3.8, 4) is 22.4 Å². The fourth-order valence-electron chi connectivity index (χ4n) is 3.73. The van der Waals surface area contributed by atoms with Crippen LogP contribution in [0.25, 0.3) is 28.1 Å². The summed E-state index contributed by atoms with van der Waals surface area (Å²) >= 11 is 0. The Kier molecular flexibility index (Phi) is 5.32. The number of benzene rings is 2. The molecule has 0 radical (unpaired) electrons. The summed E-state index contributed by atoms with van der Waals surface area (Å²) in [6.07, 6.45) is 0. The lowest BCUT2D eigenvalue weighted by molar-refractivity contribution is -0.112.